The van der Waals surface area contributed by atoms with Crippen molar-refractivity contribution in [2.24, 2.45) is 5.92 Å². The van der Waals surface area contributed by atoms with Gasteiger partial charge in [-0.25, -0.2) is 8.42 Å². The van der Waals surface area contributed by atoms with Crippen LogP contribution in [0.2, 0.25) is 0 Å². The molecule has 0 spiro atoms. The molecule has 2 amide bonds. The highest BCUT2D eigenvalue weighted by atomic mass is 32.2. The van der Waals surface area contributed by atoms with Crippen LogP contribution >= 0.6 is 0 Å². The summed E-state index contributed by atoms with van der Waals surface area (Å²) in [5.41, 5.74) is 0.526. The molecule has 7 nitrogen and oxygen atoms in total. The Bertz CT molecular complexity index is 800. The molecule has 8 heteroatoms. The van der Waals surface area contributed by atoms with Crippen molar-refractivity contribution in [2.45, 2.75) is 50.1 Å². The summed E-state index contributed by atoms with van der Waals surface area (Å²) in [6.07, 6.45) is 2.30. The molecule has 142 valence electrons. The summed E-state index contributed by atoms with van der Waals surface area (Å²) in [7, 11) is -2.01. The van der Waals surface area contributed by atoms with E-state index in [1.54, 1.807) is 33.0 Å². The first-order valence-corrected chi connectivity index (χ1v) is 10.3. The fourth-order valence-electron chi connectivity index (χ4n) is 3.04. The van der Waals surface area contributed by atoms with Crippen LogP contribution in [0.3, 0.4) is 0 Å². The Morgan fingerprint density at radius 3 is 2.38 bits per heavy atom. The summed E-state index contributed by atoms with van der Waals surface area (Å²) in [4.78, 5) is 26.4. The van der Waals surface area contributed by atoms with Crippen LogP contribution in [0.25, 0.3) is 0 Å². The number of carbonyl (C=O) groups is 2. The molecule has 2 fully saturated rings. The van der Waals surface area contributed by atoms with E-state index in [2.05, 4.69) is 5.32 Å². The van der Waals surface area contributed by atoms with Crippen LogP contribution in [0.1, 0.15) is 33.1 Å². The van der Waals surface area contributed by atoms with Crippen molar-refractivity contribution < 1.29 is 18.0 Å². The van der Waals surface area contributed by atoms with Gasteiger partial charge in [-0.05, 0) is 51.0 Å². The lowest BCUT2D eigenvalue weighted by atomic mass is 10.1. The van der Waals surface area contributed by atoms with Crippen molar-refractivity contribution in [1.29, 1.82) is 0 Å². The summed E-state index contributed by atoms with van der Waals surface area (Å²) in [6.45, 7) is 4.08. The largest absolute Gasteiger partial charge is 0.339 e. The van der Waals surface area contributed by atoms with Crippen molar-refractivity contribution in [3.63, 3.8) is 0 Å². The zero-order chi connectivity index (χ0) is 19.1. The van der Waals surface area contributed by atoms with Crippen molar-refractivity contribution in [3.8, 4) is 0 Å². The Labute approximate surface area is 154 Å². The lowest BCUT2D eigenvalue weighted by molar-refractivity contribution is -0.128. The number of rotatable bonds is 6. The van der Waals surface area contributed by atoms with E-state index in [1.807, 2.05) is 4.90 Å². The van der Waals surface area contributed by atoms with E-state index < -0.39 is 10.0 Å². The lowest BCUT2D eigenvalue weighted by Gasteiger charge is -2.21. The maximum atomic E-state index is 12.5. The Morgan fingerprint density at radius 2 is 1.85 bits per heavy atom. The first kappa shape index (κ1) is 18.8. The lowest BCUT2D eigenvalue weighted by Crippen LogP contribution is -2.33. The third kappa shape index (κ3) is 3.76. The number of anilines is 1. The molecular formula is C18H25N3O4S. The molecule has 1 N–H and O–H groups in total. The van der Waals surface area contributed by atoms with Crippen molar-refractivity contribution in [2.75, 3.05) is 18.9 Å². The van der Waals surface area contributed by atoms with Gasteiger partial charge in [0.15, 0.2) is 0 Å². The van der Waals surface area contributed by atoms with Gasteiger partial charge in [-0.2, -0.15) is 4.31 Å². The topological polar surface area (TPSA) is 86.8 Å². The van der Waals surface area contributed by atoms with Crippen LogP contribution in [0.5, 0.6) is 0 Å². The fraction of sp³-hybridized carbons (Fsp3) is 0.556. The molecule has 1 aliphatic carbocycles. The molecule has 26 heavy (non-hydrogen) atoms. The zero-order valence-corrected chi connectivity index (χ0v) is 16.1. The minimum Gasteiger partial charge on any atom is -0.339 e. The maximum absolute atomic E-state index is 12.5. The molecule has 0 radical (unpaired) electrons. The highest BCUT2D eigenvalue weighted by Gasteiger charge is 2.41. The summed E-state index contributed by atoms with van der Waals surface area (Å²) in [6, 6.07) is 6.31. The van der Waals surface area contributed by atoms with Crippen LogP contribution in [-0.4, -0.2) is 55.1 Å². The first-order valence-electron chi connectivity index (χ1n) is 8.88. The summed E-state index contributed by atoms with van der Waals surface area (Å²) in [5.74, 6) is -0.499. The normalized spacial score (nSPS) is 20.9. The second-order valence-electron chi connectivity index (χ2n) is 7.31. The zero-order valence-electron chi connectivity index (χ0n) is 15.3. The molecule has 1 unspecified atom stereocenters. The van der Waals surface area contributed by atoms with Crippen LogP contribution < -0.4 is 5.32 Å². The molecule has 1 saturated heterocycles. The van der Waals surface area contributed by atoms with Crippen molar-refractivity contribution >= 4 is 27.5 Å². The molecule has 1 heterocycles. The Morgan fingerprint density at radius 1 is 1.23 bits per heavy atom. The predicted octanol–water partition coefficient (Wildman–Crippen LogP) is 1.66. The monoisotopic (exact) mass is 379 g/mol. The highest BCUT2D eigenvalue weighted by molar-refractivity contribution is 7.89. The third-order valence-electron chi connectivity index (χ3n) is 5.04. The minimum atomic E-state index is -3.55. The van der Waals surface area contributed by atoms with E-state index in [0.717, 1.165) is 12.8 Å². The number of nitrogens with one attached hydrogen (secondary N) is 1. The van der Waals surface area contributed by atoms with Gasteiger partial charge in [0.25, 0.3) is 0 Å². The van der Waals surface area contributed by atoms with Gasteiger partial charge in [0.2, 0.25) is 21.8 Å². The highest BCUT2D eigenvalue weighted by Crippen LogP contribution is 2.33. The van der Waals surface area contributed by atoms with Crippen LogP contribution in [-0.2, 0) is 19.6 Å². The average molecular weight is 379 g/mol. The molecule has 0 aromatic heterocycles. The van der Waals surface area contributed by atoms with Gasteiger partial charge in [0, 0.05) is 37.8 Å². The first-order chi connectivity index (χ1) is 12.2. The maximum Gasteiger partial charge on any atom is 0.243 e. The van der Waals surface area contributed by atoms with Crippen LogP contribution in [0.4, 0.5) is 5.69 Å². The van der Waals surface area contributed by atoms with E-state index in [0.29, 0.717) is 18.3 Å². The van der Waals surface area contributed by atoms with E-state index in [1.165, 1.54) is 16.4 Å². The number of carbonyl (C=O) groups excluding carboxylic acids is 2. The predicted molar refractivity (Wildman–Crippen MR) is 98.0 cm³/mol. The number of sulfonamides is 1. The van der Waals surface area contributed by atoms with Gasteiger partial charge < -0.3 is 10.2 Å². The molecule has 1 aromatic carbocycles. The van der Waals surface area contributed by atoms with Gasteiger partial charge in [-0.15, -0.1) is 0 Å². The molecule has 0 bridgehead atoms. The number of amides is 2. The number of hydrogen-bond acceptors (Lipinski definition) is 4. The minimum absolute atomic E-state index is 0.0470. The van der Waals surface area contributed by atoms with Crippen molar-refractivity contribution in [1.82, 2.24) is 9.21 Å². The second kappa shape index (κ2) is 7.00. The van der Waals surface area contributed by atoms with Gasteiger partial charge >= 0.3 is 0 Å². The second-order valence-corrected chi connectivity index (χ2v) is 9.30. The van der Waals surface area contributed by atoms with E-state index >= 15 is 0 Å². The van der Waals surface area contributed by atoms with Gasteiger partial charge in [-0.1, -0.05) is 0 Å². The van der Waals surface area contributed by atoms with E-state index in [9.17, 15) is 18.0 Å². The molecule has 1 saturated carbocycles. The summed E-state index contributed by atoms with van der Waals surface area (Å²) < 4.78 is 26.2. The molecular weight excluding hydrogens is 354 g/mol. The smallest absolute Gasteiger partial charge is 0.243 e. The molecule has 1 aliphatic heterocycles. The molecule has 3 rings (SSSR count). The standard InChI is InChI=1S/C18H25N3O4S/c1-12(2)20(3)26(24,25)16-8-4-14(5-9-16)19-18(23)13-10-17(22)21(11-13)15-6-7-15/h4-5,8-9,12-13,15H,6-7,10-11H2,1-3H3,(H,19,23). The van der Waals surface area contributed by atoms with Gasteiger partial charge in [-0.3, -0.25) is 9.59 Å². The van der Waals surface area contributed by atoms with E-state index in [4.69, 9.17) is 0 Å². The van der Waals surface area contributed by atoms with Gasteiger partial charge in [0.1, 0.15) is 0 Å². The summed E-state index contributed by atoms with van der Waals surface area (Å²) >= 11 is 0. The molecule has 1 aromatic rings. The Kier molecular flexibility index (Phi) is 5.07. The number of likely N-dealkylation sites (tertiary alicyclic amines) is 1. The third-order valence-corrected chi connectivity index (χ3v) is 7.09. The molecule has 2 aliphatic rings. The van der Waals surface area contributed by atoms with Crippen molar-refractivity contribution in [3.05, 3.63) is 24.3 Å². The number of nitrogens with zero attached hydrogens (tertiary/aromatic N) is 2. The van der Waals surface area contributed by atoms with E-state index in [-0.39, 0.29) is 35.1 Å². The average Bonchev–Trinajstić information content (AvgIpc) is 3.36. The number of benzene rings is 1. The SMILES string of the molecule is CC(C)N(C)S(=O)(=O)c1ccc(NC(=O)C2CC(=O)N(C3CC3)C2)cc1. The van der Waals surface area contributed by atoms with Gasteiger partial charge in [0.05, 0.1) is 10.8 Å². The Balaban J connectivity index is 1.64. The Hall–Kier alpha value is -1.93. The van der Waals surface area contributed by atoms with Crippen LogP contribution in [0.15, 0.2) is 29.2 Å². The quantitative estimate of drug-likeness (QED) is 0.814. The number of hydrogen-bond donors (Lipinski definition) is 1. The summed E-state index contributed by atoms with van der Waals surface area (Å²) in [5, 5.41) is 2.79. The van der Waals surface area contributed by atoms with Crippen LogP contribution in [0, 0.1) is 5.92 Å². The molecule has 1 atom stereocenters. The fourth-order valence-corrected chi connectivity index (χ4v) is 4.41.